The van der Waals surface area contributed by atoms with Crippen molar-refractivity contribution in [2.24, 2.45) is 0 Å². The third-order valence-corrected chi connectivity index (χ3v) is 4.52. The largest absolute Gasteiger partial charge is 0.324 e. The molecule has 2 aromatic rings. The van der Waals surface area contributed by atoms with Crippen molar-refractivity contribution in [3.8, 4) is 0 Å². The number of nitrogens with zero attached hydrogens (tertiary/aromatic N) is 2. The van der Waals surface area contributed by atoms with E-state index in [9.17, 15) is 0 Å². The second-order valence-corrected chi connectivity index (χ2v) is 6.68. The molecule has 0 radical (unpaired) electrons. The van der Waals surface area contributed by atoms with Crippen molar-refractivity contribution in [2.75, 3.05) is 6.54 Å². The highest BCUT2D eigenvalue weighted by Gasteiger charge is 2.34. The summed E-state index contributed by atoms with van der Waals surface area (Å²) in [5, 5.41) is 4.42. The van der Waals surface area contributed by atoms with Crippen LogP contribution in [0.15, 0.2) is 18.2 Å². The van der Waals surface area contributed by atoms with Crippen molar-refractivity contribution >= 4 is 22.6 Å². The highest BCUT2D eigenvalue weighted by atomic mass is 35.5. The molecule has 1 atom stereocenters. The zero-order chi connectivity index (χ0) is 14.3. The Labute approximate surface area is 125 Å². The first-order valence-corrected chi connectivity index (χ1v) is 7.82. The molecule has 0 saturated carbocycles. The predicted molar refractivity (Wildman–Crippen MR) is 84.3 cm³/mol. The predicted octanol–water partition coefficient (Wildman–Crippen LogP) is 4.26. The van der Waals surface area contributed by atoms with Crippen LogP contribution < -0.4 is 5.32 Å². The van der Waals surface area contributed by atoms with Crippen LogP contribution in [0.3, 0.4) is 0 Å². The Morgan fingerprint density at radius 3 is 2.80 bits per heavy atom. The minimum Gasteiger partial charge on any atom is -0.324 e. The lowest BCUT2D eigenvalue weighted by atomic mass is 9.90. The molecule has 0 amide bonds. The van der Waals surface area contributed by atoms with Crippen molar-refractivity contribution in [2.45, 2.75) is 51.6 Å². The summed E-state index contributed by atoms with van der Waals surface area (Å²) in [5.41, 5.74) is 2.14. The van der Waals surface area contributed by atoms with E-state index < -0.39 is 0 Å². The fraction of sp³-hybridized carbons (Fsp3) is 0.562. The molecule has 0 spiro atoms. The van der Waals surface area contributed by atoms with E-state index in [0.29, 0.717) is 6.04 Å². The van der Waals surface area contributed by atoms with E-state index in [4.69, 9.17) is 16.6 Å². The second-order valence-electron chi connectivity index (χ2n) is 6.25. The first kappa shape index (κ1) is 13.9. The first-order chi connectivity index (χ1) is 9.51. The van der Waals surface area contributed by atoms with Crippen LogP contribution in [0.4, 0.5) is 0 Å². The van der Waals surface area contributed by atoms with E-state index in [1.54, 1.807) is 0 Å². The van der Waals surface area contributed by atoms with Crippen LogP contribution in [0, 0.1) is 0 Å². The normalized spacial score (nSPS) is 23.6. The van der Waals surface area contributed by atoms with E-state index >= 15 is 0 Å². The molecule has 1 aromatic heterocycles. The number of fused-ring (bicyclic) bond motifs is 1. The fourth-order valence-electron chi connectivity index (χ4n) is 3.23. The maximum absolute atomic E-state index is 6.12. The molecule has 108 valence electrons. The van der Waals surface area contributed by atoms with Crippen LogP contribution in [0.5, 0.6) is 0 Å². The third-order valence-electron chi connectivity index (χ3n) is 4.28. The summed E-state index contributed by atoms with van der Waals surface area (Å²) in [6, 6.07) is 6.38. The summed E-state index contributed by atoms with van der Waals surface area (Å²) in [5.74, 6) is 1.14. The number of imidazole rings is 1. The zero-order valence-electron chi connectivity index (χ0n) is 12.4. The van der Waals surface area contributed by atoms with Crippen molar-refractivity contribution in [1.29, 1.82) is 0 Å². The molecule has 1 aliphatic heterocycles. The molecule has 4 heteroatoms. The standard InChI is InChI=1S/C16H22ClN3/c1-11(2)20-14-7-6-12(17)10-13(14)19-15(20)16(3)8-4-5-9-18-16/h6-7,10-11,18H,4-5,8-9H2,1-3H3. The molecule has 1 aliphatic rings. The van der Waals surface area contributed by atoms with Gasteiger partial charge in [0.05, 0.1) is 16.6 Å². The molecule has 1 unspecified atom stereocenters. The molecule has 20 heavy (non-hydrogen) atoms. The molecule has 3 nitrogen and oxygen atoms in total. The van der Waals surface area contributed by atoms with E-state index in [0.717, 1.165) is 29.3 Å². The van der Waals surface area contributed by atoms with Crippen molar-refractivity contribution < 1.29 is 0 Å². The van der Waals surface area contributed by atoms with Crippen LogP contribution in [-0.2, 0) is 5.54 Å². The number of aromatic nitrogens is 2. The van der Waals surface area contributed by atoms with Crippen molar-refractivity contribution in [1.82, 2.24) is 14.9 Å². The van der Waals surface area contributed by atoms with Gasteiger partial charge < -0.3 is 9.88 Å². The lowest BCUT2D eigenvalue weighted by Crippen LogP contribution is -2.45. The minimum absolute atomic E-state index is 0.0337. The van der Waals surface area contributed by atoms with Gasteiger partial charge in [-0.15, -0.1) is 0 Å². The summed E-state index contributed by atoms with van der Waals surface area (Å²) < 4.78 is 2.35. The smallest absolute Gasteiger partial charge is 0.130 e. The average Bonchev–Trinajstić information content (AvgIpc) is 2.78. The maximum atomic E-state index is 6.12. The Balaban J connectivity index is 2.21. The van der Waals surface area contributed by atoms with Gasteiger partial charge in [0.2, 0.25) is 0 Å². The van der Waals surface area contributed by atoms with E-state index in [2.05, 4.69) is 36.7 Å². The number of hydrogen-bond donors (Lipinski definition) is 1. The van der Waals surface area contributed by atoms with Gasteiger partial charge in [0.15, 0.2) is 0 Å². The van der Waals surface area contributed by atoms with Gasteiger partial charge >= 0.3 is 0 Å². The molecule has 3 rings (SSSR count). The van der Waals surface area contributed by atoms with E-state index in [-0.39, 0.29) is 5.54 Å². The number of rotatable bonds is 2. The topological polar surface area (TPSA) is 29.9 Å². The number of hydrogen-bond acceptors (Lipinski definition) is 2. The minimum atomic E-state index is -0.0337. The second kappa shape index (κ2) is 5.05. The van der Waals surface area contributed by atoms with Crippen LogP contribution in [-0.4, -0.2) is 16.1 Å². The summed E-state index contributed by atoms with van der Waals surface area (Å²) in [6.07, 6.45) is 3.64. The van der Waals surface area contributed by atoms with Crippen molar-refractivity contribution in [3.63, 3.8) is 0 Å². The van der Waals surface area contributed by atoms with Gasteiger partial charge in [-0.2, -0.15) is 0 Å². The fourth-order valence-corrected chi connectivity index (χ4v) is 3.40. The Kier molecular flexibility index (Phi) is 3.51. The number of halogens is 1. The van der Waals surface area contributed by atoms with Gasteiger partial charge in [0.25, 0.3) is 0 Å². The molecule has 1 aromatic carbocycles. The highest BCUT2D eigenvalue weighted by Crippen LogP contribution is 2.34. The van der Waals surface area contributed by atoms with Crippen LogP contribution in [0.1, 0.15) is 51.9 Å². The molecule has 1 N–H and O–H groups in total. The molecule has 0 aliphatic carbocycles. The van der Waals surface area contributed by atoms with Gasteiger partial charge in [-0.05, 0) is 64.8 Å². The molecule has 0 bridgehead atoms. The Morgan fingerprint density at radius 2 is 2.15 bits per heavy atom. The van der Waals surface area contributed by atoms with E-state index in [1.807, 2.05) is 12.1 Å². The van der Waals surface area contributed by atoms with Gasteiger partial charge in [0.1, 0.15) is 5.82 Å². The molecular formula is C16H22ClN3. The average molecular weight is 292 g/mol. The lowest BCUT2D eigenvalue weighted by Gasteiger charge is -2.35. The zero-order valence-corrected chi connectivity index (χ0v) is 13.2. The highest BCUT2D eigenvalue weighted by molar-refractivity contribution is 6.31. The van der Waals surface area contributed by atoms with Gasteiger partial charge in [0, 0.05) is 11.1 Å². The van der Waals surface area contributed by atoms with Crippen LogP contribution in [0.2, 0.25) is 5.02 Å². The van der Waals surface area contributed by atoms with Crippen molar-refractivity contribution in [3.05, 3.63) is 29.0 Å². The lowest BCUT2D eigenvalue weighted by molar-refractivity contribution is 0.258. The Bertz CT molecular complexity index is 624. The molecular weight excluding hydrogens is 270 g/mol. The summed E-state index contributed by atoms with van der Waals surface area (Å²) in [7, 11) is 0. The third kappa shape index (κ3) is 2.23. The maximum Gasteiger partial charge on any atom is 0.130 e. The van der Waals surface area contributed by atoms with Gasteiger partial charge in [-0.1, -0.05) is 11.6 Å². The number of piperidine rings is 1. The summed E-state index contributed by atoms with van der Waals surface area (Å²) in [4.78, 5) is 4.91. The molecule has 1 saturated heterocycles. The van der Waals surface area contributed by atoms with E-state index in [1.165, 1.54) is 18.4 Å². The van der Waals surface area contributed by atoms with Crippen LogP contribution in [0.25, 0.3) is 11.0 Å². The summed E-state index contributed by atoms with van der Waals surface area (Å²) >= 11 is 6.12. The number of nitrogens with one attached hydrogen (secondary N) is 1. The summed E-state index contributed by atoms with van der Waals surface area (Å²) in [6.45, 7) is 7.77. The van der Waals surface area contributed by atoms with Gasteiger partial charge in [-0.3, -0.25) is 0 Å². The van der Waals surface area contributed by atoms with Gasteiger partial charge in [-0.25, -0.2) is 4.98 Å². The van der Waals surface area contributed by atoms with Crippen LogP contribution >= 0.6 is 11.6 Å². The SMILES string of the molecule is CC(C)n1c(C2(C)CCCCN2)nc2cc(Cl)ccc21. The number of benzene rings is 1. The monoisotopic (exact) mass is 291 g/mol. The Hall–Kier alpha value is -1.06. The first-order valence-electron chi connectivity index (χ1n) is 7.44. The Morgan fingerprint density at radius 1 is 1.35 bits per heavy atom. The quantitative estimate of drug-likeness (QED) is 0.896. The molecule has 1 fully saturated rings. The molecule has 2 heterocycles.